The molecular weight excluding hydrogens is 379 g/mol. The van der Waals surface area contributed by atoms with Gasteiger partial charge in [-0.25, -0.2) is 0 Å². The van der Waals surface area contributed by atoms with Gasteiger partial charge in [-0.05, 0) is 30.2 Å². The summed E-state index contributed by atoms with van der Waals surface area (Å²) in [5, 5.41) is 6.31. The minimum absolute atomic E-state index is 0.0176. The number of aryl methyl sites for hydroxylation is 1. The summed E-state index contributed by atoms with van der Waals surface area (Å²) >= 11 is 1.44. The van der Waals surface area contributed by atoms with Gasteiger partial charge in [0.1, 0.15) is 11.3 Å². The fourth-order valence-electron chi connectivity index (χ4n) is 2.60. The molecule has 0 atom stereocenters. The van der Waals surface area contributed by atoms with Crippen LogP contribution < -0.4 is 11.1 Å². The Kier molecular flexibility index (Phi) is 5.22. The van der Waals surface area contributed by atoms with Crippen LogP contribution in [0.15, 0.2) is 40.9 Å². The van der Waals surface area contributed by atoms with Crippen molar-refractivity contribution >= 4 is 23.1 Å². The Morgan fingerprint density at radius 1 is 1.26 bits per heavy atom. The number of alkyl halides is 3. The number of amides is 1. The molecule has 3 rings (SSSR count). The summed E-state index contributed by atoms with van der Waals surface area (Å²) in [6.07, 6.45) is -3.68. The van der Waals surface area contributed by atoms with Crippen LogP contribution in [-0.2, 0) is 19.1 Å². The van der Waals surface area contributed by atoms with E-state index in [-0.39, 0.29) is 29.2 Å². The van der Waals surface area contributed by atoms with Crippen molar-refractivity contribution in [2.24, 2.45) is 0 Å². The van der Waals surface area contributed by atoms with Gasteiger partial charge in [-0.15, -0.1) is 11.3 Å². The standard InChI is InChI=1S/C18H16F3N3O2S/c1-2-11-7-8-13(27-11)15-14(16(22)26-24-15)17(25)23-9-10-5-3-4-6-12(10)18(19,20)21/h3-8H,2,9,22H2,1H3,(H,23,25). The molecule has 0 aliphatic heterocycles. The highest BCUT2D eigenvalue weighted by atomic mass is 32.1. The number of carbonyl (C=O) groups is 1. The Bertz CT molecular complexity index is 963. The third kappa shape index (κ3) is 3.97. The first-order valence-corrected chi connectivity index (χ1v) is 8.90. The third-order valence-corrected chi connectivity index (χ3v) is 5.19. The Labute approximate surface area is 157 Å². The molecule has 5 nitrogen and oxygen atoms in total. The van der Waals surface area contributed by atoms with Crippen molar-refractivity contribution in [1.82, 2.24) is 10.5 Å². The Morgan fingerprint density at radius 2 is 2.00 bits per heavy atom. The predicted octanol–water partition coefficient (Wildman–Crippen LogP) is 4.50. The molecular formula is C18H16F3N3O2S. The van der Waals surface area contributed by atoms with Gasteiger partial charge in [0, 0.05) is 11.4 Å². The molecule has 0 bridgehead atoms. The van der Waals surface area contributed by atoms with Crippen molar-refractivity contribution in [1.29, 1.82) is 0 Å². The second kappa shape index (κ2) is 7.43. The lowest BCUT2D eigenvalue weighted by atomic mass is 10.1. The summed E-state index contributed by atoms with van der Waals surface area (Å²) in [6, 6.07) is 8.77. The number of benzene rings is 1. The number of hydrogen-bond donors (Lipinski definition) is 2. The van der Waals surface area contributed by atoms with E-state index in [2.05, 4.69) is 10.5 Å². The molecule has 0 aliphatic carbocycles. The molecule has 0 unspecified atom stereocenters. The Balaban J connectivity index is 1.83. The number of nitrogens with two attached hydrogens (primary N) is 1. The lowest BCUT2D eigenvalue weighted by Gasteiger charge is -2.13. The first-order valence-electron chi connectivity index (χ1n) is 8.08. The molecule has 3 aromatic rings. The fraction of sp³-hybridized carbons (Fsp3) is 0.222. The largest absolute Gasteiger partial charge is 0.416 e. The van der Waals surface area contributed by atoms with Gasteiger partial charge in [0.05, 0.1) is 10.4 Å². The van der Waals surface area contributed by atoms with Crippen molar-refractivity contribution in [2.75, 3.05) is 5.73 Å². The fourth-order valence-corrected chi connectivity index (χ4v) is 3.54. The van der Waals surface area contributed by atoms with E-state index in [0.717, 1.165) is 17.4 Å². The summed E-state index contributed by atoms with van der Waals surface area (Å²) in [4.78, 5) is 14.4. The number of nitrogen functional groups attached to an aromatic ring is 1. The van der Waals surface area contributed by atoms with Crippen molar-refractivity contribution in [3.63, 3.8) is 0 Å². The van der Waals surface area contributed by atoms with Crippen molar-refractivity contribution in [3.05, 3.63) is 58.0 Å². The van der Waals surface area contributed by atoms with E-state index < -0.39 is 17.6 Å². The lowest BCUT2D eigenvalue weighted by molar-refractivity contribution is -0.138. The smallest absolute Gasteiger partial charge is 0.367 e. The number of hydrogen-bond acceptors (Lipinski definition) is 5. The SMILES string of the molecule is CCc1ccc(-c2noc(N)c2C(=O)NCc2ccccc2C(F)(F)F)s1. The summed E-state index contributed by atoms with van der Waals surface area (Å²) in [5.74, 6) is -0.828. The number of rotatable bonds is 5. The second-order valence-electron chi connectivity index (χ2n) is 5.73. The number of thiophene rings is 1. The van der Waals surface area contributed by atoms with Gasteiger partial charge in [-0.1, -0.05) is 30.3 Å². The highest BCUT2D eigenvalue weighted by Crippen LogP contribution is 2.34. The molecule has 0 spiro atoms. The normalized spacial score (nSPS) is 11.6. The quantitative estimate of drug-likeness (QED) is 0.667. The van der Waals surface area contributed by atoms with Gasteiger partial charge in [0.15, 0.2) is 0 Å². The van der Waals surface area contributed by atoms with E-state index in [0.29, 0.717) is 4.88 Å². The van der Waals surface area contributed by atoms with Gasteiger partial charge in [0.25, 0.3) is 5.91 Å². The molecule has 2 heterocycles. The zero-order valence-electron chi connectivity index (χ0n) is 14.3. The third-order valence-electron chi connectivity index (χ3n) is 3.95. The zero-order valence-corrected chi connectivity index (χ0v) is 15.1. The first-order chi connectivity index (χ1) is 12.8. The minimum atomic E-state index is -4.50. The molecule has 1 amide bonds. The molecule has 142 valence electrons. The highest BCUT2D eigenvalue weighted by molar-refractivity contribution is 7.15. The minimum Gasteiger partial charge on any atom is -0.367 e. The number of carbonyl (C=O) groups excluding carboxylic acids is 1. The van der Waals surface area contributed by atoms with Crippen LogP contribution in [0, 0.1) is 0 Å². The number of halogens is 3. The van der Waals surface area contributed by atoms with Gasteiger partial charge >= 0.3 is 6.18 Å². The maximum Gasteiger partial charge on any atom is 0.416 e. The van der Waals surface area contributed by atoms with Crippen molar-refractivity contribution in [2.45, 2.75) is 26.1 Å². The lowest BCUT2D eigenvalue weighted by Crippen LogP contribution is -2.25. The van der Waals surface area contributed by atoms with Crippen LogP contribution in [0.1, 0.15) is 33.3 Å². The number of anilines is 1. The average molecular weight is 395 g/mol. The predicted molar refractivity (Wildman–Crippen MR) is 96.2 cm³/mol. The molecule has 1 aromatic carbocycles. The molecule has 0 radical (unpaired) electrons. The van der Waals surface area contributed by atoms with E-state index in [9.17, 15) is 18.0 Å². The van der Waals surface area contributed by atoms with Crippen LogP contribution in [0.25, 0.3) is 10.6 Å². The number of nitrogens with one attached hydrogen (secondary N) is 1. The molecule has 2 aromatic heterocycles. The van der Waals surface area contributed by atoms with E-state index in [1.165, 1.54) is 29.5 Å². The monoisotopic (exact) mass is 395 g/mol. The van der Waals surface area contributed by atoms with E-state index >= 15 is 0 Å². The number of aromatic nitrogens is 1. The Hall–Kier alpha value is -2.81. The maximum absolute atomic E-state index is 13.1. The Morgan fingerprint density at radius 3 is 2.67 bits per heavy atom. The van der Waals surface area contributed by atoms with Crippen LogP contribution in [0.3, 0.4) is 0 Å². The summed E-state index contributed by atoms with van der Waals surface area (Å²) < 4.78 is 44.2. The molecule has 0 saturated carbocycles. The zero-order chi connectivity index (χ0) is 19.6. The molecule has 3 N–H and O–H groups in total. The van der Waals surface area contributed by atoms with Gasteiger partial charge in [-0.3, -0.25) is 4.79 Å². The van der Waals surface area contributed by atoms with Crippen LogP contribution in [-0.4, -0.2) is 11.1 Å². The maximum atomic E-state index is 13.1. The van der Waals surface area contributed by atoms with Crippen LogP contribution in [0.4, 0.5) is 19.1 Å². The molecule has 9 heteroatoms. The van der Waals surface area contributed by atoms with Crippen LogP contribution in [0.5, 0.6) is 0 Å². The molecule has 0 fully saturated rings. The van der Waals surface area contributed by atoms with E-state index in [4.69, 9.17) is 10.3 Å². The van der Waals surface area contributed by atoms with Crippen LogP contribution >= 0.6 is 11.3 Å². The topological polar surface area (TPSA) is 81.2 Å². The molecule has 0 saturated heterocycles. The van der Waals surface area contributed by atoms with E-state index in [1.54, 1.807) is 6.07 Å². The van der Waals surface area contributed by atoms with Crippen LogP contribution in [0.2, 0.25) is 0 Å². The van der Waals surface area contributed by atoms with Crippen molar-refractivity contribution < 1.29 is 22.5 Å². The highest BCUT2D eigenvalue weighted by Gasteiger charge is 2.33. The summed E-state index contributed by atoms with van der Waals surface area (Å²) in [5.41, 5.74) is 5.18. The average Bonchev–Trinajstić information content (AvgIpc) is 3.25. The molecule has 27 heavy (non-hydrogen) atoms. The molecule has 0 aliphatic rings. The summed E-state index contributed by atoms with van der Waals surface area (Å²) in [7, 11) is 0. The second-order valence-corrected chi connectivity index (χ2v) is 6.90. The van der Waals surface area contributed by atoms with E-state index in [1.807, 2.05) is 13.0 Å². The number of nitrogens with zero attached hydrogens (tertiary/aromatic N) is 1. The van der Waals surface area contributed by atoms with Crippen molar-refractivity contribution in [3.8, 4) is 10.6 Å². The summed E-state index contributed by atoms with van der Waals surface area (Å²) in [6.45, 7) is 1.70. The van der Waals surface area contributed by atoms with Gasteiger partial charge in [0.2, 0.25) is 5.88 Å². The van der Waals surface area contributed by atoms with Gasteiger partial charge in [-0.2, -0.15) is 13.2 Å². The first kappa shape index (κ1) is 19.0. The van der Waals surface area contributed by atoms with Gasteiger partial charge < -0.3 is 15.6 Å².